The molecule has 0 aliphatic heterocycles. The predicted molar refractivity (Wildman–Crippen MR) is 64.1 cm³/mol. The first-order valence-corrected chi connectivity index (χ1v) is 5.84. The quantitative estimate of drug-likeness (QED) is 0.688. The topological polar surface area (TPSA) is 84.2 Å². The van der Waals surface area contributed by atoms with E-state index in [-0.39, 0.29) is 5.92 Å². The van der Waals surface area contributed by atoms with Crippen LogP contribution in [0.25, 0.3) is 0 Å². The van der Waals surface area contributed by atoms with Crippen molar-refractivity contribution in [1.29, 1.82) is 0 Å². The molecule has 2 atom stereocenters. The normalized spacial score (nSPS) is 16.7. The summed E-state index contributed by atoms with van der Waals surface area (Å²) in [7, 11) is 0. The first kappa shape index (κ1) is 17.7. The van der Waals surface area contributed by atoms with E-state index in [4.69, 9.17) is 5.73 Å². The predicted octanol–water partition coefficient (Wildman–Crippen LogP) is 0.543. The highest BCUT2D eigenvalue weighted by molar-refractivity contribution is 5.92. The Morgan fingerprint density at radius 2 is 1.68 bits per heavy atom. The number of rotatable bonds is 5. The Balaban J connectivity index is 4.53. The van der Waals surface area contributed by atoms with Crippen molar-refractivity contribution in [1.82, 2.24) is 10.6 Å². The lowest BCUT2D eigenvalue weighted by molar-refractivity contribution is -0.188. The Hall–Kier alpha value is -1.31. The average Bonchev–Trinajstić information content (AvgIpc) is 2.23. The number of carbonyl (C=O) groups is 2. The first-order valence-electron chi connectivity index (χ1n) is 5.84. The van der Waals surface area contributed by atoms with Gasteiger partial charge in [0.25, 0.3) is 0 Å². The summed E-state index contributed by atoms with van der Waals surface area (Å²) in [5.74, 6) is -1.80. The molecule has 112 valence electrons. The van der Waals surface area contributed by atoms with Gasteiger partial charge in [0.05, 0.1) is 0 Å². The highest BCUT2D eigenvalue weighted by Gasteiger charge is 2.54. The van der Waals surface area contributed by atoms with Gasteiger partial charge in [-0.15, -0.1) is 0 Å². The van der Waals surface area contributed by atoms with Crippen LogP contribution in [0.3, 0.4) is 0 Å². The second kappa shape index (κ2) is 6.23. The third kappa shape index (κ3) is 5.06. The molecule has 0 aromatic rings. The number of halogens is 3. The third-order valence-electron chi connectivity index (χ3n) is 2.49. The molecular weight excluding hydrogens is 263 g/mol. The second-order valence-corrected chi connectivity index (χ2v) is 5.03. The lowest BCUT2D eigenvalue weighted by Crippen LogP contribution is -2.63. The molecule has 5 nitrogen and oxygen atoms in total. The van der Waals surface area contributed by atoms with Crippen molar-refractivity contribution >= 4 is 11.8 Å². The third-order valence-corrected chi connectivity index (χ3v) is 2.49. The van der Waals surface area contributed by atoms with E-state index in [9.17, 15) is 22.8 Å². The highest BCUT2D eigenvalue weighted by Crippen LogP contribution is 2.27. The zero-order valence-electron chi connectivity index (χ0n) is 11.4. The summed E-state index contributed by atoms with van der Waals surface area (Å²) in [4.78, 5) is 22.9. The summed E-state index contributed by atoms with van der Waals surface area (Å²) in [6, 6.07) is -1.09. The maximum Gasteiger partial charge on any atom is 0.415 e. The minimum absolute atomic E-state index is 0.196. The fraction of sp³-hybridized carbons (Fsp3) is 0.818. The van der Waals surface area contributed by atoms with Crippen molar-refractivity contribution in [2.75, 3.05) is 6.54 Å². The molecule has 4 N–H and O–H groups in total. The Morgan fingerprint density at radius 1 is 1.21 bits per heavy atom. The minimum Gasteiger partial charge on any atom is -0.354 e. The van der Waals surface area contributed by atoms with Crippen molar-refractivity contribution in [2.24, 2.45) is 11.7 Å². The van der Waals surface area contributed by atoms with Crippen molar-refractivity contribution in [3.63, 3.8) is 0 Å². The summed E-state index contributed by atoms with van der Waals surface area (Å²) >= 11 is 0. The number of alkyl halides is 3. The molecule has 2 unspecified atom stereocenters. The molecule has 0 bridgehead atoms. The minimum atomic E-state index is -4.88. The molecule has 0 aromatic carbocycles. The number of hydrogen-bond acceptors (Lipinski definition) is 3. The molecule has 19 heavy (non-hydrogen) atoms. The van der Waals surface area contributed by atoms with E-state index in [1.807, 2.05) is 19.2 Å². The molecule has 0 saturated carbocycles. The van der Waals surface area contributed by atoms with Crippen LogP contribution in [0.15, 0.2) is 0 Å². The molecule has 2 amide bonds. The molecule has 0 aromatic heterocycles. The van der Waals surface area contributed by atoms with Crippen molar-refractivity contribution in [3.8, 4) is 0 Å². The summed E-state index contributed by atoms with van der Waals surface area (Å²) < 4.78 is 37.5. The molecule has 0 radical (unpaired) electrons. The van der Waals surface area contributed by atoms with Gasteiger partial charge in [0.1, 0.15) is 6.04 Å². The van der Waals surface area contributed by atoms with E-state index in [1.54, 1.807) is 0 Å². The van der Waals surface area contributed by atoms with Crippen LogP contribution in [-0.2, 0) is 9.59 Å². The Morgan fingerprint density at radius 3 is 2.05 bits per heavy atom. The van der Waals surface area contributed by atoms with E-state index >= 15 is 0 Å². The molecule has 0 aliphatic rings. The average molecular weight is 283 g/mol. The molecule has 0 spiro atoms. The van der Waals surface area contributed by atoms with Gasteiger partial charge < -0.3 is 16.4 Å². The van der Waals surface area contributed by atoms with Crippen LogP contribution >= 0.6 is 0 Å². The van der Waals surface area contributed by atoms with Crippen LogP contribution in [0.5, 0.6) is 0 Å². The molecule has 0 aliphatic carbocycles. The van der Waals surface area contributed by atoms with Gasteiger partial charge in [-0.05, 0) is 19.8 Å². The summed E-state index contributed by atoms with van der Waals surface area (Å²) in [6.45, 7) is 5.95. The van der Waals surface area contributed by atoms with E-state index in [0.717, 1.165) is 0 Å². The molecule has 0 fully saturated rings. The summed E-state index contributed by atoms with van der Waals surface area (Å²) in [5, 5.41) is 4.46. The number of carbonyl (C=O) groups excluding carboxylic acids is 2. The van der Waals surface area contributed by atoms with Gasteiger partial charge in [-0.25, -0.2) is 0 Å². The fourth-order valence-electron chi connectivity index (χ4n) is 0.999. The molecule has 0 saturated heterocycles. The van der Waals surface area contributed by atoms with E-state index in [2.05, 4.69) is 5.32 Å². The monoisotopic (exact) mass is 283 g/mol. The lowest BCUT2D eigenvalue weighted by atomic mass is 10.0. The van der Waals surface area contributed by atoms with E-state index in [1.165, 1.54) is 6.92 Å². The van der Waals surface area contributed by atoms with Gasteiger partial charge in [-0.2, -0.15) is 13.2 Å². The zero-order chi connectivity index (χ0) is 15.4. The standard InChI is InChI=1S/C11H20F3N3O2/c1-6(2)5-16-8(18)7(3)17-9(19)10(4,15)11(12,13)14/h6-7H,5,15H2,1-4H3,(H,16,18)(H,17,19). The Kier molecular flexibility index (Phi) is 5.80. The smallest absolute Gasteiger partial charge is 0.354 e. The second-order valence-electron chi connectivity index (χ2n) is 5.03. The van der Waals surface area contributed by atoms with Crippen LogP contribution < -0.4 is 16.4 Å². The van der Waals surface area contributed by atoms with Gasteiger partial charge in [-0.1, -0.05) is 13.8 Å². The van der Waals surface area contributed by atoms with Crippen LogP contribution in [0.2, 0.25) is 0 Å². The van der Waals surface area contributed by atoms with E-state index < -0.39 is 29.6 Å². The summed E-state index contributed by atoms with van der Waals surface area (Å²) in [5.41, 5.74) is 1.91. The zero-order valence-corrected chi connectivity index (χ0v) is 11.4. The molecular formula is C11H20F3N3O2. The fourth-order valence-corrected chi connectivity index (χ4v) is 0.999. The van der Waals surface area contributed by atoms with Gasteiger partial charge in [0.2, 0.25) is 11.8 Å². The van der Waals surface area contributed by atoms with Crippen LogP contribution in [0.4, 0.5) is 13.2 Å². The van der Waals surface area contributed by atoms with Crippen molar-refractivity contribution in [3.05, 3.63) is 0 Å². The molecule has 8 heteroatoms. The van der Waals surface area contributed by atoms with Gasteiger partial charge >= 0.3 is 6.18 Å². The van der Waals surface area contributed by atoms with E-state index in [0.29, 0.717) is 13.5 Å². The first-order chi connectivity index (χ1) is 8.39. The Bertz CT molecular complexity index is 341. The number of amides is 2. The van der Waals surface area contributed by atoms with Crippen LogP contribution in [0, 0.1) is 5.92 Å². The van der Waals surface area contributed by atoms with Gasteiger partial charge in [-0.3, -0.25) is 9.59 Å². The lowest BCUT2D eigenvalue weighted by Gasteiger charge is -2.27. The SMILES string of the molecule is CC(C)CNC(=O)C(C)NC(=O)C(C)(N)C(F)(F)F. The Labute approximate surface area is 110 Å². The number of hydrogen-bond donors (Lipinski definition) is 3. The van der Waals surface area contributed by atoms with Crippen LogP contribution in [-0.4, -0.2) is 36.1 Å². The molecule has 0 heterocycles. The van der Waals surface area contributed by atoms with Gasteiger partial charge in [0.15, 0.2) is 5.54 Å². The van der Waals surface area contributed by atoms with Gasteiger partial charge in [0, 0.05) is 6.54 Å². The number of nitrogens with one attached hydrogen (secondary N) is 2. The summed E-state index contributed by atoms with van der Waals surface area (Å²) in [6.07, 6.45) is -4.88. The van der Waals surface area contributed by atoms with Crippen molar-refractivity contribution < 1.29 is 22.8 Å². The maximum absolute atomic E-state index is 12.5. The molecule has 0 rings (SSSR count). The number of nitrogens with two attached hydrogens (primary N) is 1. The van der Waals surface area contributed by atoms with Crippen molar-refractivity contribution in [2.45, 2.75) is 45.5 Å². The highest BCUT2D eigenvalue weighted by atomic mass is 19.4. The maximum atomic E-state index is 12.5. The van der Waals surface area contributed by atoms with Crippen LogP contribution in [0.1, 0.15) is 27.7 Å². The largest absolute Gasteiger partial charge is 0.415 e.